The van der Waals surface area contributed by atoms with Gasteiger partial charge in [0.15, 0.2) is 0 Å². The number of para-hydroxylation sites is 1. The van der Waals surface area contributed by atoms with Crippen LogP contribution in [0.4, 0.5) is 0 Å². The second-order valence-corrected chi connectivity index (χ2v) is 7.20. The number of hydrogen-bond donors (Lipinski definition) is 2. The lowest BCUT2D eigenvalue weighted by atomic mass is 9.91. The quantitative estimate of drug-likeness (QED) is 0.478. The van der Waals surface area contributed by atoms with E-state index in [0.717, 1.165) is 48.9 Å². The molecule has 0 radical (unpaired) electrons. The van der Waals surface area contributed by atoms with E-state index < -0.39 is 0 Å². The van der Waals surface area contributed by atoms with E-state index >= 15 is 0 Å². The summed E-state index contributed by atoms with van der Waals surface area (Å²) in [6.45, 7) is 0. The van der Waals surface area contributed by atoms with Gasteiger partial charge in [-0.25, -0.2) is 9.97 Å². The van der Waals surface area contributed by atoms with E-state index in [-0.39, 0.29) is 5.75 Å². The minimum atomic E-state index is 0.239. The van der Waals surface area contributed by atoms with E-state index in [1.165, 1.54) is 5.69 Å². The van der Waals surface area contributed by atoms with Crippen molar-refractivity contribution < 1.29 is 5.11 Å². The van der Waals surface area contributed by atoms with Crippen molar-refractivity contribution in [2.24, 2.45) is 5.92 Å². The Hall–Kier alpha value is -3.21. The fourth-order valence-electron chi connectivity index (χ4n) is 3.61. The Balaban J connectivity index is 1.45. The van der Waals surface area contributed by atoms with Crippen LogP contribution in [0.1, 0.15) is 29.9 Å². The Morgan fingerprint density at radius 2 is 1.86 bits per heavy atom. The van der Waals surface area contributed by atoms with E-state index in [0.29, 0.717) is 11.4 Å². The number of fused-ring (bicyclic) bond motifs is 1. The van der Waals surface area contributed by atoms with Crippen LogP contribution < -0.4 is 0 Å². The number of benzene rings is 1. The zero-order chi connectivity index (χ0) is 19.2. The molecule has 0 aliphatic rings. The number of aromatic amines is 1. The maximum absolute atomic E-state index is 10.1. The van der Waals surface area contributed by atoms with Gasteiger partial charge in [-0.3, -0.25) is 4.98 Å². The summed E-state index contributed by atoms with van der Waals surface area (Å²) in [6.07, 6.45) is 10.4. The Morgan fingerprint density at radius 1 is 0.929 bits per heavy atom. The van der Waals surface area contributed by atoms with Crippen LogP contribution in [0.15, 0.2) is 67.3 Å². The van der Waals surface area contributed by atoms with E-state index in [9.17, 15) is 5.11 Å². The number of nitrogens with one attached hydrogen (secondary N) is 1. The molecule has 28 heavy (non-hydrogen) atoms. The smallest absolute Gasteiger partial charge is 0.141 e. The van der Waals surface area contributed by atoms with Gasteiger partial charge in [0, 0.05) is 34.9 Å². The molecule has 2 N–H and O–H groups in total. The van der Waals surface area contributed by atoms with Crippen LogP contribution in [0.2, 0.25) is 0 Å². The van der Waals surface area contributed by atoms with Crippen molar-refractivity contribution in [2.45, 2.75) is 32.1 Å². The summed E-state index contributed by atoms with van der Waals surface area (Å²) in [4.78, 5) is 16.5. The Labute approximate surface area is 164 Å². The van der Waals surface area contributed by atoms with Crippen molar-refractivity contribution in [1.29, 1.82) is 0 Å². The molecule has 0 saturated carbocycles. The Bertz CT molecular complexity index is 1020. The molecule has 3 heterocycles. The number of H-pyrrole nitrogens is 1. The zero-order valence-electron chi connectivity index (χ0n) is 15.8. The van der Waals surface area contributed by atoms with Crippen LogP contribution in [0.5, 0.6) is 5.75 Å². The topological polar surface area (TPSA) is 74.7 Å². The summed E-state index contributed by atoms with van der Waals surface area (Å²) in [5.74, 6) is 0.740. The summed E-state index contributed by atoms with van der Waals surface area (Å²) < 4.78 is 0. The third kappa shape index (κ3) is 4.55. The van der Waals surface area contributed by atoms with Crippen molar-refractivity contribution in [2.75, 3.05) is 0 Å². The minimum absolute atomic E-state index is 0.239. The van der Waals surface area contributed by atoms with Crippen LogP contribution in [-0.2, 0) is 19.3 Å². The number of phenolic OH excluding ortho intramolecular Hbond substituents is 1. The van der Waals surface area contributed by atoms with Crippen LogP contribution in [0, 0.1) is 5.92 Å². The summed E-state index contributed by atoms with van der Waals surface area (Å²) in [6, 6.07) is 15.7. The number of aromatic hydroxyl groups is 1. The molecule has 0 aliphatic carbocycles. The summed E-state index contributed by atoms with van der Waals surface area (Å²) in [5.41, 5.74) is 3.99. The lowest BCUT2D eigenvalue weighted by Crippen LogP contribution is -2.10. The molecule has 0 spiro atoms. The highest BCUT2D eigenvalue weighted by atomic mass is 16.3. The predicted molar refractivity (Wildman–Crippen MR) is 110 cm³/mol. The van der Waals surface area contributed by atoms with E-state index in [2.05, 4.69) is 32.1 Å². The van der Waals surface area contributed by atoms with Gasteiger partial charge < -0.3 is 10.1 Å². The van der Waals surface area contributed by atoms with Gasteiger partial charge in [0.2, 0.25) is 0 Å². The summed E-state index contributed by atoms with van der Waals surface area (Å²) in [5, 5.41) is 11.0. The van der Waals surface area contributed by atoms with Gasteiger partial charge in [0.05, 0.1) is 6.33 Å². The van der Waals surface area contributed by atoms with Crippen LogP contribution in [-0.4, -0.2) is 25.0 Å². The summed E-state index contributed by atoms with van der Waals surface area (Å²) >= 11 is 0. The summed E-state index contributed by atoms with van der Waals surface area (Å²) in [7, 11) is 0. The highest BCUT2D eigenvalue weighted by molar-refractivity contribution is 5.84. The zero-order valence-corrected chi connectivity index (χ0v) is 15.8. The minimum Gasteiger partial charge on any atom is -0.506 e. The van der Waals surface area contributed by atoms with Crippen LogP contribution in [0.3, 0.4) is 0 Å². The van der Waals surface area contributed by atoms with Gasteiger partial charge in [-0.2, -0.15) is 0 Å². The molecule has 5 nitrogen and oxygen atoms in total. The number of hydrogen-bond acceptors (Lipinski definition) is 4. The van der Waals surface area contributed by atoms with Gasteiger partial charge >= 0.3 is 0 Å². The lowest BCUT2D eigenvalue weighted by molar-refractivity contribution is 0.440. The van der Waals surface area contributed by atoms with Crippen molar-refractivity contribution in [3.63, 3.8) is 0 Å². The molecule has 4 aromatic rings. The van der Waals surface area contributed by atoms with Gasteiger partial charge in [0.25, 0.3) is 0 Å². The van der Waals surface area contributed by atoms with Crippen molar-refractivity contribution in [1.82, 2.24) is 19.9 Å². The molecule has 1 atom stereocenters. The highest BCUT2D eigenvalue weighted by Crippen LogP contribution is 2.24. The van der Waals surface area contributed by atoms with Crippen molar-refractivity contribution in [3.05, 3.63) is 84.3 Å². The first kappa shape index (κ1) is 18.2. The highest BCUT2D eigenvalue weighted by Gasteiger charge is 2.13. The molecule has 0 fully saturated rings. The second-order valence-electron chi connectivity index (χ2n) is 7.20. The lowest BCUT2D eigenvalue weighted by Gasteiger charge is -2.16. The maximum atomic E-state index is 10.1. The van der Waals surface area contributed by atoms with Crippen molar-refractivity contribution in [3.8, 4) is 5.75 Å². The van der Waals surface area contributed by atoms with E-state index in [1.807, 2.05) is 42.7 Å². The number of pyridine rings is 2. The van der Waals surface area contributed by atoms with E-state index in [1.54, 1.807) is 12.4 Å². The van der Waals surface area contributed by atoms with Gasteiger partial charge in [-0.05, 0) is 62.3 Å². The molecule has 0 aliphatic heterocycles. The molecule has 1 unspecified atom stereocenters. The SMILES string of the molecule is Oc1cccc2ccc(CCC(CCc3cnc[nH]3)Cc3ccccn3)nc12. The average Bonchev–Trinajstić information content (AvgIpc) is 3.25. The van der Waals surface area contributed by atoms with Gasteiger partial charge in [-0.15, -0.1) is 0 Å². The fourth-order valence-corrected chi connectivity index (χ4v) is 3.61. The molecular formula is C23H24N4O. The number of phenols is 1. The molecule has 5 heteroatoms. The number of imidazole rings is 1. The monoisotopic (exact) mass is 372 g/mol. The van der Waals surface area contributed by atoms with Gasteiger partial charge in [-0.1, -0.05) is 24.3 Å². The second kappa shape index (κ2) is 8.65. The van der Waals surface area contributed by atoms with Crippen LogP contribution in [0.25, 0.3) is 10.9 Å². The molecule has 0 saturated heterocycles. The number of nitrogens with zero attached hydrogens (tertiary/aromatic N) is 3. The molecule has 1 aromatic carbocycles. The third-order valence-corrected chi connectivity index (χ3v) is 5.17. The molecule has 0 bridgehead atoms. The molecular weight excluding hydrogens is 348 g/mol. The van der Waals surface area contributed by atoms with E-state index in [4.69, 9.17) is 0 Å². The first-order valence-electron chi connectivity index (χ1n) is 9.73. The third-order valence-electron chi connectivity index (χ3n) is 5.17. The normalized spacial score (nSPS) is 12.3. The maximum Gasteiger partial charge on any atom is 0.141 e. The molecule has 4 rings (SSSR count). The van der Waals surface area contributed by atoms with Gasteiger partial charge in [0.1, 0.15) is 11.3 Å². The fraction of sp³-hybridized carbons (Fsp3) is 0.261. The molecule has 0 amide bonds. The average molecular weight is 372 g/mol. The molecule has 3 aromatic heterocycles. The number of aryl methyl sites for hydroxylation is 2. The predicted octanol–water partition coefficient (Wildman–Crippen LogP) is 4.48. The molecule has 142 valence electrons. The number of aromatic nitrogens is 4. The standard InChI is InChI=1S/C23H24N4O/c28-22-6-3-4-18-9-12-19(27-23(18)22)10-7-17(8-11-21-15-24-16-26-21)14-20-5-1-2-13-25-20/h1-6,9,12-13,15-17,28H,7-8,10-11,14H2,(H,24,26). The Kier molecular flexibility index (Phi) is 5.61. The Morgan fingerprint density at radius 3 is 2.68 bits per heavy atom. The first-order chi connectivity index (χ1) is 13.8. The largest absolute Gasteiger partial charge is 0.506 e. The van der Waals surface area contributed by atoms with Crippen LogP contribution >= 0.6 is 0 Å². The first-order valence-corrected chi connectivity index (χ1v) is 9.73. The van der Waals surface area contributed by atoms with Crippen molar-refractivity contribution >= 4 is 10.9 Å². The number of rotatable bonds is 8.